The van der Waals surface area contributed by atoms with Gasteiger partial charge in [0, 0.05) is 0 Å². The van der Waals surface area contributed by atoms with Gasteiger partial charge in [0.2, 0.25) is 0 Å². The Bertz CT molecular complexity index is 654. The van der Waals surface area contributed by atoms with E-state index in [1.54, 1.807) is 0 Å². The SMILES string of the molecule is CCCCCCCCCCc1ccc(C2=CCC(C3CCC(CCC)CC3)C=C2)cc1. The first-order chi connectivity index (χ1) is 15.3. The van der Waals surface area contributed by atoms with Crippen molar-refractivity contribution in [2.24, 2.45) is 17.8 Å². The molecule has 0 spiro atoms. The summed E-state index contributed by atoms with van der Waals surface area (Å²) in [5.41, 5.74) is 4.35. The van der Waals surface area contributed by atoms with Crippen LogP contribution in [0.4, 0.5) is 0 Å². The number of aryl methyl sites for hydroxylation is 1. The summed E-state index contributed by atoms with van der Waals surface area (Å²) >= 11 is 0. The zero-order chi connectivity index (χ0) is 21.7. The van der Waals surface area contributed by atoms with Crippen molar-refractivity contribution in [3.8, 4) is 0 Å². The predicted octanol–water partition coefficient (Wildman–Crippen LogP) is 9.94. The van der Waals surface area contributed by atoms with E-state index in [0.29, 0.717) is 0 Å². The lowest BCUT2D eigenvalue weighted by molar-refractivity contribution is 0.221. The lowest BCUT2D eigenvalue weighted by atomic mass is 9.72. The first kappa shape index (κ1) is 24.3. The Morgan fingerprint density at radius 3 is 2.03 bits per heavy atom. The molecule has 0 aliphatic heterocycles. The summed E-state index contributed by atoms with van der Waals surface area (Å²) in [4.78, 5) is 0. The molecular weight excluding hydrogens is 372 g/mol. The minimum absolute atomic E-state index is 0.785. The number of benzene rings is 1. The van der Waals surface area contributed by atoms with Crippen molar-refractivity contribution in [3.63, 3.8) is 0 Å². The fraction of sp³-hybridized carbons (Fsp3) is 0.677. The lowest BCUT2D eigenvalue weighted by Gasteiger charge is -2.33. The van der Waals surface area contributed by atoms with E-state index in [-0.39, 0.29) is 0 Å². The molecule has 0 aromatic heterocycles. The van der Waals surface area contributed by atoms with Crippen LogP contribution in [0.1, 0.15) is 121 Å². The quantitative estimate of drug-likeness (QED) is 0.278. The van der Waals surface area contributed by atoms with Gasteiger partial charge in [0.05, 0.1) is 0 Å². The van der Waals surface area contributed by atoms with Gasteiger partial charge in [-0.3, -0.25) is 0 Å². The monoisotopic (exact) mass is 420 g/mol. The summed E-state index contributed by atoms with van der Waals surface area (Å²) in [7, 11) is 0. The van der Waals surface area contributed by atoms with E-state index >= 15 is 0 Å². The molecule has 1 unspecified atom stereocenters. The van der Waals surface area contributed by atoms with E-state index < -0.39 is 0 Å². The fourth-order valence-corrected chi connectivity index (χ4v) is 5.84. The second kappa shape index (κ2) is 14.0. The maximum Gasteiger partial charge on any atom is -0.0167 e. The molecule has 0 heterocycles. The van der Waals surface area contributed by atoms with Gasteiger partial charge >= 0.3 is 0 Å². The van der Waals surface area contributed by atoms with Crippen molar-refractivity contribution in [2.75, 3.05) is 0 Å². The Morgan fingerprint density at radius 2 is 1.42 bits per heavy atom. The molecule has 0 bridgehead atoms. The zero-order valence-electron chi connectivity index (χ0n) is 20.6. The van der Waals surface area contributed by atoms with Crippen LogP contribution in [0, 0.1) is 17.8 Å². The van der Waals surface area contributed by atoms with Gasteiger partial charge in [-0.15, -0.1) is 0 Å². The van der Waals surface area contributed by atoms with Crippen LogP contribution < -0.4 is 0 Å². The Balaban J connectivity index is 1.35. The van der Waals surface area contributed by atoms with Gasteiger partial charge < -0.3 is 0 Å². The Morgan fingerprint density at radius 1 is 0.742 bits per heavy atom. The Kier molecular flexibility index (Phi) is 11.0. The third-order valence-electron chi connectivity index (χ3n) is 7.93. The standard InChI is InChI=1S/C31H48/c1-3-5-6-7-8-9-10-11-13-27-16-20-29(21-17-27)31-24-22-30(23-25-31)28-18-14-26(12-4-2)15-19-28/h16-17,20-22,24-26,28,30H,3-15,18-19,23H2,1-2H3. The molecule has 3 rings (SSSR count). The van der Waals surface area contributed by atoms with Gasteiger partial charge in [-0.25, -0.2) is 0 Å². The molecule has 1 aromatic rings. The van der Waals surface area contributed by atoms with Crippen molar-refractivity contribution in [1.82, 2.24) is 0 Å². The van der Waals surface area contributed by atoms with Crippen molar-refractivity contribution in [3.05, 3.63) is 53.6 Å². The number of hydrogen-bond donors (Lipinski definition) is 0. The molecule has 1 atom stereocenters. The second-order valence-corrected chi connectivity index (χ2v) is 10.4. The van der Waals surface area contributed by atoms with E-state index in [4.69, 9.17) is 0 Å². The average Bonchev–Trinajstić information content (AvgIpc) is 2.82. The normalized spacial score (nSPS) is 23.7. The van der Waals surface area contributed by atoms with E-state index in [9.17, 15) is 0 Å². The highest BCUT2D eigenvalue weighted by Crippen LogP contribution is 2.39. The largest absolute Gasteiger partial charge is 0.0802 e. The highest BCUT2D eigenvalue weighted by molar-refractivity contribution is 5.75. The molecular formula is C31H48. The lowest BCUT2D eigenvalue weighted by Crippen LogP contribution is -2.21. The summed E-state index contributed by atoms with van der Waals surface area (Å²) in [6.07, 6.45) is 29.8. The predicted molar refractivity (Wildman–Crippen MR) is 138 cm³/mol. The molecule has 0 N–H and O–H groups in total. The summed E-state index contributed by atoms with van der Waals surface area (Å²) in [5, 5.41) is 0. The van der Waals surface area contributed by atoms with E-state index in [2.05, 4.69) is 56.3 Å². The van der Waals surface area contributed by atoms with Gasteiger partial charge in [-0.1, -0.05) is 127 Å². The van der Waals surface area contributed by atoms with Gasteiger partial charge in [-0.2, -0.15) is 0 Å². The number of unbranched alkanes of at least 4 members (excludes halogenated alkanes) is 7. The van der Waals surface area contributed by atoms with Crippen LogP contribution in [0.2, 0.25) is 0 Å². The smallest absolute Gasteiger partial charge is 0.0167 e. The highest BCUT2D eigenvalue weighted by Gasteiger charge is 2.26. The molecule has 0 saturated heterocycles. The van der Waals surface area contributed by atoms with Gasteiger partial charge in [0.15, 0.2) is 0 Å². The summed E-state index contributed by atoms with van der Waals surface area (Å²) in [5.74, 6) is 2.73. The maximum absolute atomic E-state index is 2.54. The minimum atomic E-state index is 0.785. The maximum atomic E-state index is 2.54. The van der Waals surface area contributed by atoms with Gasteiger partial charge in [0.25, 0.3) is 0 Å². The average molecular weight is 421 g/mol. The molecule has 2 aliphatic rings. The van der Waals surface area contributed by atoms with Crippen LogP contribution in [0.15, 0.2) is 42.5 Å². The Hall–Kier alpha value is -1.30. The molecule has 1 saturated carbocycles. The molecule has 0 nitrogen and oxygen atoms in total. The van der Waals surface area contributed by atoms with E-state index in [1.165, 1.54) is 119 Å². The topological polar surface area (TPSA) is 0 Å². The zero-order valence-corrected chi connectivity index (χ0v) is 20.6. The van der Waals surface area contributed by atoms with E-state index in [1.807, 2.05) is 0 Å². The van der Waals surface area contributed by atoms with Crippen molar-refractivity contribution < 1.29 is 0 Å². The number of hydrogen-bond acceptors (Lipinski definition) is 0. The molecule has 0 radical (unpaired) electrons. The molecule has 172 valence electrons. The molecule has 0 heteroatoms. The number of allylic oxidation sites excluding steroid dienone is 4. The fourth-order valence-electron chi connectivity index (χ4n) is 5.84. The summed E-state index contributed by atoms with van der Waals surface area (Å²) in [6, 6.07) is 9.44. The van der Waals surface area contributed by atoms with Gasteiger partial charge in [0.1, 0.15) is 0 Å². The summed E-state index contributed by atoms with van der Waals surface area (Å²) < 4.78 is 0. The van der Waals surface area contributed by atoms with Crippen molar-refractivity contribution >= 4 is 5.57 Å². The van der Waals surface area contributed by atoms with E-state index in [0.717, 1.165) is 17.8 Å². The third-order valence-corrected chi connectivity index (χ3v) is 7.93. The van der Waals surface area contributed by atoms with Crippen LogP contribution in [-0.4, -0.2) is 0 Å². The van der Waals surface area contributed by atoms with Gasteiger partial charge in [-0.05, 0) is 66.6 Å². The molecule has 31 heavy (non-hydrogen) atoms. The van der Waals surface area contributed by atoms with Crippen LogP contribution >= 0.6 is 0 Å². The third kappa shape index (κ3) is 8.28. The summed E-state index contributed by atoms with van der Waals surface area (Å²) in [6.45, 7) is 4.63. The molecule has 0 amide bonds. The highest BCUT2D eigenvalue weighted by atomic mass is 14.3. The van der Waals surface area contributed by atoms with Crippen LogP contribution in [0.5, 0.6) is 0 Å². The van der Waals surface area contributed by atoms with Crippen molar-refractivity contribution in [1.29, 1.82) is 0 Å². The molecule has 1 aromatic carbocycles. The first-order valence-electron chi connectivity index (χ1n) is 13.8. The molecule has 2 aliphatic carbocycles. The number of rotatable bonds is 13. The first-order valence-corrected chi connectivity index (χ1v) is 13.8. The van der Waals surface area contributed by atoms with Crippen LogP contribution in [0.3, 0.4) is 0 Å². The minimum Gasteiger partial charge on any atom is -0.0802 e. The van der Waals surface area contributed by atoms with Crippen LogP contribution in [-0.2, 0) is 6.42 Å². The van der Waals surface area contributed by atoms with Crippen LogP contribution in [0.25, 0.3) is 5.57 Å². The van der Waals surface area contributed by atoms with Crippen molar-refractivity contribution in [2.45, 2.75) is 117 Å². The second-order valence-electron chi connectivity index (χ2n) is 10.4. The molecule has 1 fully saturated rings. The Labute approximate surface area is 193 Å².